The van der Waals surface area contributed by atoms with Crippen molar-refractivity contribution in [3.05, 3.63) is 28.8 Å². The maximum absolute atomic E-state index is 13.8. The highest BCUT2D eigenvalue weighted by atomic mass is 32.1. The van der Waals surface area contributed by atoms with Crippen LogP contribution in [0.5, 0.6) is 11.5 Å². The summed E-state index contributed by atoms with van der Waals surface area (Å²) >= 11 is 0.779. The molecule has 3 rings (SSSR count). The Morgan fingerprint density at radius 3 is 2.44 bits per heavy atom. The predicted molar refractivity (Wildman–Crippen MR) is 130 cm³/mol. The number of primary amides is 1. The minimum Gasteiger partial charge on any atom is -0.493 e. The molecule has 0 saturated heterocycles. The third kappa shape index (κ3) is 5.24. The first-order valence-corrected chi connectivity index (χ1v) is 12.0. The van der Waals surface area contributed by atoms with Crippen LogP contribution in [0.2, 0.25) is 0 Å². The van der Waals surface area contributed by atoms with E-state index in [1.807, 2.05) is 6.92 Å². The number of methoxy groups -OCH3 is 2. The van der Waals surface area contributed by atoms with Gasteiger partial charge in [-0.2, -0.15) is 4.37 Å². The molecule has 34 heavy (non-hydrogen) atoms. The van der Waals surface area contributed by atoms with Crippen LogP contribution in [-0.4, -0.2) is 48.4 Å². The number of carbonyl (C=O) groups excluding carboxylic acids is 3. The van der Waals surface area contributed by atoms with Crippen LogP contribution in [0.4, 0.5) is 11.4 Å². The van der Waals surface area contributed by atoms with Crippen LogP contribution in [0.15, 0.2) is 18.2 Å². The van der Waals surface area contributed by atoms with Crippen molar-refractivity contribution in [2.75, 3.05) is 24.9 Å². The first-order valence-electron chi connectivity index (χ1n) is 11.2. The van der Waals surface area contributed by atoms with Crippen LogP contribution in [0, 0.1) is 0 Å². The van der Waals surface area contributed by atoms with Gasteiger partial charge in [0.2, 0.25) is 5.91 Å². The molecule has 1 atom stereocenters. The van der Waals surface area contributed by atoms with Crippen LogP contribution in [-0.2, 0) is 4.79 Å². The average molecular weight is 490 g/mol. The molecule has 1 aromatic heterocycles. The van der Waals surface area contributed by atoms with Crippen molar-refractivity contribution < 1.29 is 23.9 Å². The summed E-state index contributed by atoms with van der Waals surface area (Å²) in [6.07, 6.45) is 5.03. The Labute approximate surface area is 202 Å². The Morgan fingerprint density at radius 2 is 1.88 bits per heavy atom. The third-order valence-corrected chi connectivity index (χ3v) is 6.75. The van der Waals surface area contributed by atoms with Crippen molar-refractivity contribution >= 4 is 40.6 Å². The summed E-state index contributed by atoms with van der Waals surface area (Å²) < 4.78 is 14.7. The van der Waals surface area contributed by atoms with Crippen LogP contribution in [0.1, 0.15) is 65.6 Å². The zero-order valence-corrected chi connectivity index (χ0v) is 20.4. The van der Waals surface area contributed by atoms with Gasteiger partial charge in [0.1, 0.15) is 10.9 Å². The molecule has 1 fully saturated rings. The fourth-order valence-electron chi connectivity index (χ4n) is 4.17. The summed E-state index contributed by atoms with van der Waals surface area (Å²) in [7, 11) is 3.00. The lowest BCUT2D eigenvalue weighted by molar-refractivity contribution is -0.123. The van der Waals surface area contributed by atoms with E-state index in [4.69, 9.17) is 20.9 Å². The Hall–Kier alpha value is -3.34. The highest BCUT2D eigenvalue weighted by Crippen LogP contribution is 2.35. The maximum atomic E-state index is 13.8. The number of rotatable bonds is 10. The monoisotopic (exact) mass is 489 g/mol. The number of hydrogen-bond donors (Lipinski definition) is 3. The Morgan fingerprint density at radius 1 is 1.21 bits per heavy atom. The normalized spacial score (nSPS) is 14.4. The zero-order chi connectivity index (χ0) is 24.8. The second-order valence-electron chi connectivity index (χ2n) is 8.15. The molecule has 0 radical (unpaired) electrons. The lowest BCUT2D eigenvalue weighted by Gasteiger charge is -2.32. The van der Waals surface area contributed by atoms with Gasteiger partial charge in [-0.15, -0.1) is 0 Å². The molecule has 1 heterocycles. The largest absolute Gasteiger partial charge is 0.493 e. The van der Waals surface area contributed by atoms with Gasteiger partial charge in [0.05, 0.1) is 19.9 Å². The van der Waals surface area contributed by atoms with Gasteiger partial charge in [0, 0.05) is 17.8 Å². The zero-order valence-electron chi connectivity index (χ0n) is 19.6. The molecule has 5 N–H and O–H groups in total. The summed E-state index contributed by atoms with van der Waals surface area (Å²) in [5, 5.41) is 3.10. The van der Waals surface area contributed by atoms with Crippen molar-refractivity contribution in [1.29, 1.82) is 0 Å². The number of hydrogen-bond acceptors (Lipinski definition) is 8. The van der Waals surface area contributed by atoms with Gasteiger partial charge in [-0.05, 0) is 42.9 Å². The number of amides is 3. The molecule has 1 aromatic carbocycles. The van der Waals surface area contributed by atoms with Crippen molar-refractivity contribution in [1.82, 2.24) is 9.69 Å². The molecular formula is C23H31N5O5S. The minimum absolute atomic E-state index is 0.0401. The van der Waals surface area contributed by atoms with E-state index >= 15 is 0 Å². The topological polar surface area (TPSA) is 150 Å². The summed E-state index contributed by atoms with van der Waals surface area (Å²) in [4.78, 5) is 40.4. The van der Waals surface area contributed by atoms with Gasteiger partial charge in [-0.1, -0.05) is 26.2 Å². The molecule has 0 spiro atoms. The Bertz CT molecular complexity index is 1050. The highest BCUT2D eigenvalue weighted by Gasteiger charge is 2.35. The number of benzene rings is 1. The predicted octanol–water partition coefficient (Wildman–Crippen LogP) is 2.72. The fourth-order valence-corrected chi connectivity index (χ4v) is 4.91. The number of nitrogen functional groups attached to an aromatic ring is 1. The molecule has 184 valence electrons. The molecule has 1 saturated carbocycles. The van der Waals surface area contributed by atoms with Crippen LogP contribution >= 0.6 is 11.5 Å². The molecule has 2 aromatic rings. The number of nitrogens with two attached hydrogens (primary N) is 2. The summed E-state index contributed by atoms with van der Waals surface area (Å²) in [5.74, 6) is -0.729. The maximum Gasteiger partial charge on any atom is 0.272 e. The van der Waals surface area contributed by atoms with Crippen molar-refractivity contribution in [3.8, 4) is 11.5 Å². The molecule has 0 unspecified atom stereocenters. The van der Waals surface area contributed by atoms with Crippen molar-refractivity contribution in [3.63, 3.8) is 0 Å². The van der Waals surface area contributed by atoms with E-state index in [-0.39, 0.29) is 28.2 Å². The second kappa shape index (κ2) is 11.2. The van der Waals surface area contributed by atoms with E-state index in [0.717, 1.165) is 37.2 Å². The van der Waals surface area contributed by atoms with E-state index < -0.39 is 17.9 Å². The molecule has 0 bridgehead atoms. The van der Waals surface area contributed by atoms with Gasteiger partial charge in [0.15, 0.2) is 17.2 Å². The van der Waals surface area contributed by atoms with Gasteiger partial charge in [0.25, 0.3) is 11.8 Å². The first kappa shape index (κ1) is 25.3. The van der Waals surface area contributed by atoms with Gasteiger partial charge in [-0.3, -0.25) is 19.3 Å². The Kier molecular flexibility index (Phi) is 8.32. The lowest BCUT2D eigenvalue weighted by atomic mass is 10.1. The standard InChI is InChI=1S/C23H31N5O5S/c1-4-7-15(22(30)26-13-8-5-6-9-13)28(14-10-11-16(32-2)17(12-14)33-3)23(31)20-18(24)19(21(25)29)27-34-20/h10-13,15H,4-9,24H2,1-3H3,(H2,25,29)(H,26,30)/t15-/m0/s1. The van der Waals surface area contributed by atoms with E-state index in [2.05, 4.69) is 9.69 Å². The highest BCUT2D eigenvalue weighted by molar-refractivity contribution is 7.09. The number of nitrogens with zero attached hydrogens (tertiary/aromatic N) is 2. The second-order valence-corrected chi connectivity index (χ2v) is 8.92. The molecule has 0 aliphatic heterocycles. The molecule has 1 aliphatic rings. The SMILES string of the molecule is CCC[C@@H](C(=O)NC1CCCC1)N(C(=O)c1snc(C(N)=O)c1N)c1ccc(OC)c(OC)c1. The summed E-state index contributed by atoms with van der Waals surface area (Å²) in [6, 6.07) is 4.25. The van der Waals surface area contributed by atoms with Gasteiger partial charge >= 0.3 is 0 Å². The van der Waals surface area contributed by atoms with E-state index in [1.54, 1.807) is 18.2 Å². The molecule has 10 nitrogen and oxygen atoms in total. The van der Waals surface area contributed by atoms with Gasteiger partial charge in [-0.25, -0.2) is 0 Å². The van der Waals surface area contributed by atoms with E-state index in [1.165, 1.54) is 19.1 Å². The van der Waals surface area contributed by atoms with Crippen LogP contribution < -0.4 is 31.2 Å². The van der Waals surface area contributed by atoms with Crippen molar-refractivity contribution in [2.45, 2.75) is 57.5 Å². The van der Waals surface area contributed by atoms with Crippen LogP contribution in [0.25, 0.3) is 0 Å². The number of aromatic nitrogens is 1. The Balaban J connectivity index is 2.08. The molecule has 11 heteroatoms. The smallest absolute Gasteiger partial charge is 0.272 e. The van der Waals surface area contributed by atoms with E-state index in [0.29, 0.717) is 30.0 Å². The summed E-state index contributed by atoms with van der Waals surface area (Å²) in [5.41, 5.74) is 11.6. The van der Waals surface area contributed by atoms with Gasteiger partial charge < -0.3 is 26.3 Å². The van der Waals surface area contributed by atoms with Crippen LogP contribution in [0.3, 0.4) is 0 Å². The number of carbonyl (C=O) groups is 3. The number of nitrogens with one attached hydrogen (secondary N) is 1. The van der Waals surface area contributed by atoms with Crippen molar-refractivity contribution in [2.24, 2.45) is 5.73 Å². The third-order valence-electron chi connectivity index (χ3n) is 5.90. The lowest BCUT2D eigenvalue weighted by Crippen LogP contribution is -2.51. The minimum atomic E-state index is -0.824. The number of anilines is 2. The average Bonchev–Trinajstić information content (AvgIpc) is 3.47. The molecular weight excluding hydrogens is 458 g/mol. The van der Waals surface area contributed by atoms with E-state index in [9.17, 15) is 14.4 Å². The quantitative estimate of drug-likeness (QED) is 0.464. The molecule has 1 aliphatic carbocycles. The summed E-state index contributed by atoms with van der Waals surface area (Å²) in [6.45, 7) is 1.94. The number of ether oxygens (including phenoxy) is 2. The fraction of sp³-hybridized carbons (Fsp3) is 0.478. The first-order chi connectivity index (χ1) is 16.3. The molecule has 3 amide bonds.